The average molecular weight is 1200 g/mol. The van der Waals surface area contributed by atoms with Gasteiger partial charge in [0.1, 0.15) is 0 Å². The van der Waals surface area contributed by atoms with E-state index in [4.69, 9.17) is 24.7 Å². The quantitative estimate of drug-likeness (QED) is 0.0700. The van der Waals surface area contributed by atoms with Gasteiger partial charge < -0.3 is 65.8 Å². The van der Waals surface area contributed by atoms with Crippen molar-refractivity contribution in [2.75, 3.05) is 96.2 Å². The van der Waals surface area contributed by atoms with Crippen LogP contribution in [-0.2, 0) is 22.4 Å². The maximum atomic E-state index is 13.2. The van der Waals surface area contributed by atoms with Crippen LogP contribution < -0.4 is 40.6 Å². The molecular formula is C57H66Br2N8O11. The van der Waals surface area contributed by atoms with Gasteiger partial charge in [-0.05, 0) is 121 Å². The third-order valence-electron chi connectivity index (χ3n) is 16.1. The van der Waals surface area contributed by atoms with E-state index >= 15 is 0 Å². The second-order valence-electron chi connectivity index (χ2n) is 20.9. The number of allylic oxidation sites excluding steroid dienone is 4. The number of ether oxygens (including phenoxy) is 4. The average Bonchev–Trinajstić information content (AvgIpc) is 4.38. The summed E-state index contributed by atoms with van der Waals surface area (Å²) in [4.78, 5) is 54.3. The molecule has 4 aromatic rings. The zero-order valence-electron chi connectivity index (χ0n) is 43.4. The number of halogens is 2. The first-order valence-electron chi connectivity index (χ1n) is 26.6. The summed E-state index contributed by atoms with van der Waals surface area (Å²) < 4.78 is 24.4. The molecule has 0 radical (unpaired) electrons. The van der Waals surface area contributed by atoms with E-state index < -0.39 is 18.2 Å². The number of hydrogen-bond donors (Lipinski definition) is 7. The molecule has 1 saturated heterocycles. The summed E-state index contributed by atoms with van der Waals surface area (Å²) in [5.41, 5.74) is 15.4. The Morgan fingerprint density at radius 3 is 1.63 bits per heavy atom. The summed E-state index contributed by atoms with van der Waals surface area (Å²) in [6.45, 7) is 3.79. The van der Waals surface area contributed by atoms with E-state index in [2.05, 4.69) is 121 Å². The van der Waals surface area contributed by atoms with Gasteiger partial charge in [-0.1, -0.05) is 80.4 Å². The SMILES string of the molecule is CC1CN(CC(=O)NCCc2ccc3c(c2)C2C=CCC2C(c2cc4c(cc2Br)OCO4)N3)CCN(C(=O)O)CCN(C(=O)O)CCN1CC(=O)O.NCCc1ccc2c(c1)C1C=CCC1C(c1cc3c(cc1Br)OCO3)N2. The first-order valence-corrected chi connectivity index (χ1v) is 28.2. The van der Waals surface area contributed by atoms with E-state index in [0.717, 1.165) is 77.8 Å². The van der Waals surface area contributed by atoms with Gasteiger partial charge in [-0.2, -0.15) is 0 Å². The van der Waals surface area contributed by atoms with Crippen molar-refractivity contribution in [3.05, 3.63) is 127 Å². The fourth-order valence-corrected chi connectivity index (χ4v) is 13.2. The fraction of sp³-hybridized carbons (Fsp3) is 0.439. The molecule has 1 fully saturated rings. The largest absolute Gasteiger partial charge is 0.480 e. The summed E-state index contributed by atoms with van der Waals surface area (Å²) >= 11 is 7.50. The van der Waals surface area contributed by atoms with Gasteiger partial charge in [0.05, 0.1) is 25.2 Å². The molecule has 3 amide bonds. The summed E-state index contributed by atoms with van der Waals surface area (Å²) in [5.74, 6) is 3.35. The number of rotatable bonds is 11. The number of amides is 3. The van der Waals surface area contributed by atoms with Crippen LogP contribution in [0.15, 0.2) is 93.9 Å². The molecule has 5 aliphatic heterocycles. The number of nitrogens with two attached hydrogens (primary N) is 1. The van der Waals surface area contributed by atoms with Crippen LogP contribution in [0.2, 0.25) is 0 Å². The number of hydrogen-bond acceptors (Lipinski definition) is 13. The maximum absolute atomic E-state index is 13.2. The fourth-order valence-electron chi connectivity index (χ4n) is 12.0. The third kappa shape index (κ3) is 12.2. The van der Waals surface area contributed by atoms with Crippen LogP contribution in [0.5, 0.6) is 23.0 Å². The number of nitrogens with one attached hydrogen (secondary N) is 3. The maximum Gasteiger partial charge on any atom is 0.407 e. The van der Waals surface area contributed by atoms with Crippen molar-refractivity contribution in [3.8, 4) is 23.0 Å². The molecular weight excluding hydrogens is 1130 g/mol. The predicted octanol–water partition coefficient (Wildman–Crippen LogP) is 8.22. The molecule has 414 valence electrons. The van der Waals surface area contributed by atoms with E-state index in [0.29, 0.717) is 50.6 Å². The zero-order valence-corrected chi connectivity index (χ0v) is 46.5. The second kappa shape index (κ2) is 24.2. The molecule has 7 unspecified atom stereocenters. The Morgan fingerprint density at radius 1 is 0.641 bits per heavy atom. The highest BCUT2D eigenvalue weighted by Crippen LogP contribution is 2.54. The molecule has 0 bridgehead atoms. The van der Waals surface area contributed by atoms with Crippen molar-refractivity contribution in [1.29, 1.82) is 0 Å². The van der Waals surface area contributed by atoms with Crippen LogP contribution in [0.25, 0.3) is 0 Å². The number of anilines is 2. The Kier molecular flexibility index (Phi) is 17.0. The van der Waals surface area contributed by atoms with E-state index in [1.54, 1.807) is 4.90 Å². The number of fused-ring (bicyclic) bond motifs is 8. The third-order valence-corrected chi connectivity index (χ3v) is 17.4. The number of carbonyl (C=O) groups is 4. The van der Waals surface area contributed by atoms with E-state index in [1.807, 2.05) is 24.0 Å². The standard InChI is InChI=1S/C36H45BrN6O9.C21H21BrN2O2/c1-22-18-40(9-10-41(35(47)48)11-12-42(36(49)50)13-14-43(22)20-33(45)46)19-32(44)38-8-7-23-5-6-29-26(15-23)24-3-2-4-25(24)34(39-29)27-16-30-31(17-28(27)37)52-21-51-30;22-17-10-20-19(25-11-26-20)9-16(17)21-14-3-1-2-13(14)15-8-12(6-7-23)4-5-18(15)24-21/h2-3,5-6,15-17,22,24-25,34,39H,4,7-14,18-21H2,1H3,(H,38,44)(H,45,46)(H,47,48)(H,49,50);1-2,4-5,8-10,13-14,21,24H,3,6-7,11,23H2. The van der Waals surface area contributed by atoms with Crippen LogP contribution in [0, 0.1) is 11.8 Å². The Hall–Kier alpha value is -6.52. The van der Waals surface area contributed by atoms with Gasteiger partial charge in [0, 0.05) is 90.6 Å². The molecule has 11 rings (SSSR count). The lowest BCUT2D eigenvalue weighted by Crippen LogP contribution is -2.53. The molecule has 21 heteroatoms. The van der Waals surface area contributed by atoms with Crippen molar-refractivity contribution < 1.29 is 53.4 Å². The minimum absolute atomic E-state index is 0.000571. The molecule has 0 spiro atoms. The molecule has 7 atom stereocenters. The molecule has 8 N–H and O–H groups in total. The zero-order chi connectivity index (χ0) is 54.6. The summed E-state index contributed by atoms with van der Waals surface area (Å²) in [5, 5.41) is 39.5. The number of nitrogens with zero attached hydrogens (tertiary/aromatic N) is 4. The normalized spacial score (nSPS) is 24.0. The lowest BCUT2D eigenvalue weighted by Gasteiger charge is -2.38. The number of carbonyl (C=O) groups excluding carboxylic acids is 1. The van der Waals surface area contributed by atoms with Gasteiger partial charge in [-0.25, -0.2) is 9.59 Å². The predicted molar refractivity (Wildman–Crippen MR) is 300 cm³/mol. The first kappa shape index (κ1) is 54.8. The van der Waals surface area contributed by atoms with Crippen molar-refractivity contribution >= 4 is 67.3 Å². The van der Waals surface area contributed by atoms with Crippen molar-refractivity contribution in [1.82, 2.24) is 24.9 Å². The van der Waals surface area contributed by atoms with Crippen LogP contribution >= 0.6 is 31.9 Å². The minimum Gasteiger partial charge on any atom is -0.480 e. The highest BCUT2D eigenvalue weighted by molar-refractivity contribution is 9.10. The van der Waals surface area contributed by atoms with Crippen LogP contribution in [-0.4, -0.2) is 151 Å². The summed E-state index contributed by atoms with van der Waals surface area (Å²) in [6.07, 6.45) is 10.4. The van der Waals surface area contributed by atoms with E-state index in [-0.39, 0.29) is 89.1 Å². The van der Waals surface area contributed by atoms with Gasteiger partial charge in [-0.3, -0.25) is 19.4 Å². The van der Waals surface area contributed by atoms with Crippen LogP contribution in [0.3, 0.4) is 0 Å². The molecule has 4 aromatic carbocycles. The summed E-state index contributed by atoms with van der Waals surface area (Å²) in [6, 6.07) is 21.2. The van der Waals surface area contributed by atoms with E-state index in [1.165, 1.54) is 27.9 Å². The van der Waals surface area contributed by atoms with Crippen molar-refractivity contribution in [2.24, 2.45) is 17.6 Å². The van der Waals surface area contributed by atoms with Gasteiger partial charge >= 0.3 is 18.2 Å². The molecule has 0 aromatic heterocycles. The number of carboxylic acids is 1. The lowest BCUT2D eigenvalue weighted by molar-refractivity contribution is -0.139. The van der Waals surface area contributed by atoms with Crippen molar-refractivity contribution in [2.45, 2.75) is 62.6 Å². The Labute approximate surface area is 469 Å². The smallest absolute Gasteiger partial charge is 0.407 e. The lowest BCUT2D eigenvalue weighted by atomic mass is 9.76. The van der Waals surface area contributed by atoms with Gasteiger partial charge in [0.15, 0.2) is 23.0 Å². The van der Waals surface area contributed by atoms with Crippen molar-refractivity contribution in [3.63, 3.8) is 0 Å². The Balaban J connectivity index is 0.000000219. The van der Waals surface area contributed by atoms with Gasteiger partial charge in [0.25, 0.3) is 0 Å². The highest BCUT2D eigenvalue weighted by Gasteiger charge is 2.41. The Bertz CT molecular complexity index is 2980. The van der Waals surface area contributed by atoms with E-state index in [9.17, 15) is 34.5 Å². The first-order chi connectivity index (χ1) is 37.7. The minimum atomic E-state index is -1.20. The number of aliphatic carboxylic acids is 1. The molecule has 2 aliphatic carbocycles. The topological polar surface area (TPSA) is 241 Å². The monoisotopic (exact) mass is 1200 g/mol. The molecule has 5 heterocycles. The molecule has 78 heavy (non-hydrogen) atoms. The number of benzene rings is 4. The Morgan fingerprint density at radius 2 is 1.13 bits per heavy atom. The molecule has 0 saturated carbocycles. The van der Waals surface area contributed by atoms with Crippen LogP contribution in [0.4, 0.5) is 21.0 Å². The highest BCUT2D eigenvalue weighted by atomic mass is 79.9. The summed E-state index contributed by atoms with van der Waals surface area (Å²) in [7, 11) is 0. The van der Waals surface area contributed by atoms with Gasteiger partial charge in [-0.15, -0.1) is 0 Å². The van der Waals surface area contributed by atoms with Crippen LogP contribution in [0.1, 0.15) is 77.1 Å². The molecule has 19 nitrogen and oxygen atoms in total. The second-order valence-corrected chi connectivity index (χ2v) is 22.6. The number of carboxylic acid groups (broad SMARTS) is 3. The molecule has 7 aliphatic rings. The van der Waals surface area contributed by atoms with Gasteiger partial charge in [0.2, 0.25) is 19.5 Å².